The molecule has 1 saturated heterocycles. The van der Waals surface area contributed by atoms with Crippen LogP contribution in [0.1, 0.15) is 99.8 Å². The number of carbonyl (C=O) groups is 4. The SMILES string of the molecule is CC[C@@H]1C[C@]1(CC(=O)[C@@H]1C[C@@H](Oc2nccc3cc(OC)ccc23)CN1C(=O)[C@@H](CC(=O)CC(C)(C)C(F)(F)F)C(C)(C)C)C(=O)NS(=O)(=O)OC1(C)CC1. The standard InChI is InChI=1S/C39H52F3N3O9S/c1-9-24-19-38(24,34(49)44-55(50,51)54-37(7)13-14-37)21-31(47)30-18-27(53-32-28-11-10-26(52-8)16-23(28)12-15-43-32)22-45(30)33(48)29(35(2,3)4)17-25(46)20-36(5,6)39(40,41)42/h10-12,15-16,24,27,29-30H,9,13-14,17-22H2,1-8H3,(H,44,49)/t24-,27-,29-,30+,38-/m1/s1. The average molecular weight is 796 g/mol. The summed E-state index contributed by atoms with van der Waals surface area (Å²) in [7, 11) is -2.93. The maximum absolute atomic E-state index is 14.6. The van der Waals surface area contributed by atoms with Crippen LogP contribution in [0.2, 0.25) is 0 Å². The maximum Gasteiger partial charge on any atom is 0.394 e. The van der Waals surface area contributed by atoms with Gasteiger partial charge in [0.1, 0.15) is 17.6 Å². The second kappa shape index (κ2) is 14.9. The molecule has 5 rings (SSSR count). The molecule has 1 N–H and O–H groups in total. The number of ether oxygens (including phenoxy) is 2. The highest BCUT2D eigenvalue weighted by atomic mass is 32.2. The molecule has 12 nitrogen and oxygen atoms in total. The average Bonchev–Trinajstić information content (AvgIpc) is 3.93. The van der Waals surface area contributed by atoms with Gasteiger partial charge in [0.2, 0.25) is 17.7 Å². The molecule has 0 radical (unpaired) electrons. The molecule has 1 aromatic heterocycles. The molecule has 2 saturated carbocycles. The Morgan fingerprint density at radius 3 is 2.31 bits per heavy atom. The minimum atomic E-state index is -4.65. The van der Waals surface area contributed by atoms with E-state index in [2.05, 4.69) is 4.98 Å². The lowest BCUT2D eigenvalue weighted by Crippen LogP contribution is -2.49. The second-order valence-corrected chi connectivity index (χ2v) is 18.7. The summed E-state index contributed by atoms with van der Waals surface area (Å²) in [5, 5.41) is 1.40. The van der Waals surface area contributed by atoms with Crippen molar-refractivity contribution in [1.82, 2.24) is 14.6 Å². The van der Waals surface area contributed by atoms with Gasteiger partial charge in [0, 0.05) is 43.2 Å². The van der Waals surface area contributed by atoms with Crippen LogP contribution in [0.5, 0.6) is 11.6 Å². The van der Waals surface area contributed by atoms with Gasteiger partial charge >= 0.3 is 16.5 Å². The summed E-state index contributed by atoms with van der Waals surface area (Å²) in [6.07, 6.45) is -3.84. The quantitative estimate of drug-likeness (QED) is 0.199. The molecule has 2 amide bonds. The number of hydrogen-bond donors (Lipinski definition) is 1. The molecular weight excluding hydrogens is 744 g/mol. The van der Waals surface area contributed by atoms with Gasteiger partial charge in [0.15, 0.2) is 5.78 Å². The third kappa shape index (κ3) is 9.44. The predicted octanol–water partition coefficient (Wildman–Crippen LogP) is 6.50. The lowest BCUT2D eigenvalue weighted by molar-refractivity contribution is -0.213. The first kappa shape index (κ1) is 42.4. The van der Waals surface area contributed by atoms with E-state index < -0.39 is 92.6 Å². The summed E-state index contributed by atoms with van der Waals surface area (Å²) in [5.74, 6) is -3.29. The minimum absolute atomic E-state index is 0.0149. The van der Waals surface area contributed by atoms with E-state index in [-0.39, 0.29) is 37.6 Å². The third-order valence-corrected chi connectivity index (χ3v) is 12.5. The number of hydrogen-bond acceptors (Lipinski definition) is 10. The monoisotopic (exact) mass is 795 g/mol. The van der Waals surface area contributed by atoms with Crippen molar-refractivity contribution in [2.75, 3.05) is 13.7 Å². The third-order valence-electron chi connectivity index (χ3n) is 11.5. The van der Waals surface area contributed by atoms with Crippen LogP contribution in [0.25, 0.3) is 10.8 Å². The number of alkyl halides is 3. The summed E-state index contributed by atoms with van der Waals surface area (Å²) in [6, 6.07) is 5.92. The highest BCUT2D eigenvalue weighted by Gasteiger charge is 2.62. The second-order valence-electron chi connectivity index (χ2n) is 17.4. The van der Waals surface area contributed by atoms with Gasteiger partial charge in [-0.05, 0) is 67.2 Å². The lowest BCUT2D eigenvalue weighted by atomic mass is 9.74. The van der Waals surface area contributed by atoms with Crippen LogP contribution in [0.15, 0.2) is 30.5 Å². The maximum atomic E-state index is 14.6. The number of benzene rings is 1. The molecule has 5 atom stereocenters. The lowest BCUT2D eigenvalue weighted by Gasteiger charge is -2.35. The number of likely N-dealkylation sites (tertiary alicyclic amines) is 1. The van der Waals surface area contributed by atoms with Gasteiger partial charge in [-0.3, -0.25) is 19.2 Å². The van der Waals surface area contributed by atoms with Crippen molar-refractivity contribution in [2.24, 2.45) is 28.1 Å². The number of carbonyl (C=O) groups excluding carboxylic acids is 4. The number of amides is 2. The Hall–Kier alpha value is -3.79. The van der Waals surface area contributed by atoms with Crippen LogP contribution in [0.4, 0.5) is 13.2 Å². The topological polar surface area (TPSA) is 158 Å². The minimum Gasteiger partial charge on any atom is -0.497 e. The van der Waals surface area contributed by atoms with E-state index in [1.807, 2.05) is 11.6 Å². The number of ketones is 2. The van der Waals surface area contributed by atoms with Crippen LogP contribution in [-0.4, -0.2) is 79.3 Å². The summed E-state index contributed by atoms with van der Waals surface area (Å²) < 4.78 is 85.6. The molecule has 2 aromatic rings. The van der Waals surface area contributed by atoms with Gasteiger partial charge in [-0.25, -0.2) is 13.9 Å². The number of nitrogens with zero attached hydrogens (tertiary/aromatic N) is 2. The van der Waals surface area contributed by atoms with Gasteiger partial charge in [0.05, 0.1) is 36.1 Å². The fraction of sp³-hybridized carbons (Fsp3) is 0.667. The van der Waals surface area contributed by atoms with Crippen LogP contribution in [0.3, 0.4) is 0 Å². The molecule has 0 unspecified atom stereocenters. The predicted molar refractivity (Wildman–Crippen MR) is 196 cm³/mol. The highest BCUT2D eigenvalue weighted by Crippen LogP contribution is 2.58. The van der Waals surface area contributed by atoms with E-state index >= 15 is 0 Å². The van der Waals surface area contributed by atoms with Crippen LogP contribution in [0, 0.1) is 28.1 Å². The molecular formula is C39H52F3N3O9S. The fourth-order valence-corrected chi connectivity index (χ4v) is 8.64. The van der Waals surface area contributed by atoms with E-state index in [9.17, 15) is 40.8 Å². The smallest absolute Gasteiger partial charge is 0.394 e. The molecule has 1 aliphatic heterocycles. The van der Waals surface area contributed by atoms with Gasteiger partial charge in [-0.2, -0.15) is 21.6 Å². The van der Waals surface area contributed by atoms with Gasteiger partial charge in [-0.1, -0.05) is 48.0 Å². The fourth-order valence-electron chi connectivity index (χ4n) is 7.48. The number of aromatic nitrogens is 1. The van der Waals surface area contributed by atoms with Crippen molar-refractivity contribution in [3.05, 3.63) is 30.5 Å². The molecule has 0 spiro atoms. The number of fused-ring (bicyclic) bond motifs is 1. The Bertz CT molecular complexity index is 1940. The van der Waals surface area contributed by atoms with Crippen molar-refractivity contribution >= 4 is 44.5 Å². The summed E-state index contributed by atoms with van der Waals surface area (Å²) in [5.41, 5.74) is -5.48. The van der Waals surface area contributed by atoms with Gasteiger partial charge in [-0.15, -0.1) is 0 Å². The van der Waals surface area contributed by atoms with Gasteiger partial charge in [0.25, 0.3) is 0 Å². The van der Waals surface area contributed by atoms with E-state index in [1.54, 1.807) is 58.2 Å². The molecule has 2 heterocycles. The zero-order valence-electron chi connectivity index (χ0n) is 32.7. The molecule has 16 heteroatoms. The number of nitrogens with one attached hydrogen (secondary N) is 1. The first-order chi connectivity index (χ1) is 25.3. The first-order valence-corrected chi connectivity index (χ1v) is 20.0. The van der Waals surface area contributed by atoms with Crippen molar-refractivity contribution < 1.29 is 54.4 Å². The van der Waals surface area contributed by atoms with Crippen molar-refractivity contribution in [3.63, 3.8) is 0 Å². The molecule has 3 aliphatic rings. The summed E-state index contributed by atoms with van der Waals surface area (Å²) in [6.45, 7) is 10.3. The summed E-state index contributed by atoms with van der Waals surface area (Å²) in [4.78, 5) is 61.6. The van der Waals surface area contributed by atoms with E-state index in [0.29, 0.717) is 30.4 Å². The highest BCUT2D eigenvalue weighted by molar-refractivity contribution is 7.85. The number of halogens is 3. The van der Waals surface area contributed by atoms with E-state index in [1.165, 1.54) is 12.0 Å². The van der Waals surface area contributed by atoms with Gasteiger partial charge < -0.3 is 14.4 Å². The number of pyridine rings is 1. The zero-order valence-corrected chi connectivity index (χ0v) is 33.5. The van der Waals surface area contributed by atoms with Crippen LogP contribution in [-0.2, 0) is 33.7 Å². The van der Waals surface area contributed by atoms with Crippen LogP contribution < -0.4 is 14.2 Å². The van der Waals surface area contributed by atoms with E-state index in [4.69, 9.17) is 13.7 Å². The van der Waals surface area contributed by atoms with Crippen molar-refractivity contribution in [3.8, 4) is 11.6 Å². The van der Waals surface area contributed by atoms with Crippen LogP contribution >= 0.6 is 0 Å². The number of rotatable bonds is 16. The molecule has 0 bridgehead atoms. The molecule has 304 valence electrons. The molecule has 3 fully saturated rings. The Balaban J connectivity index is 1.44. The number of Topliss-reactive ketones (excluding diaryl/α,β-unsaturated/α-hetero) is 2. The Morgan fingerprint density at radius 2 is 1.75 bits per heavy atom. The number of methoxy groups -OCH3 is 1. The van der Waals surface area contributed by atoms with Crippen molar-refractivity contribution in [1.29, 1.82) is 0 Å². The molecule has 1 aromatic carbocycles. The zero-order chi connectivity index (χ0) is 40.9. The first-order valence-electron chi connectivity index (χ1n) is 18.6. The van der Waals surface area contributed by atoms with E-state index in [0.717, 1.165) is 19.2 Å². The van der Waals surface area contributed by atoms with Crippen molar-refractivity contribution in [2.45, 2.75) is 124 Å². The molecule has 55 heavy (non-hydrogen) atoms. The molecule has 2 aliphatic carbocycles. The Morgan fingerprint density at radius 1 is 1.07 bits per heavy atom. The largest absolute Gasteiger partial charge is 0.497 e. The summed E-state index contributed by atoms with van der Waals surface area (Å²) >= 11 is 0. The normalized spacial score (nSPS) is 24.3. The Labute approximate surface area is 320 Å². The Kier molecular flexibility index (Phi) is 11.5.